The molecule has 3 aromatic rings. The van der Waals surface area contributed by atoms with Crippen molar-refractivity contribution in [2.45, 2.75) is 17.9 Å². The third-order valence-electron chi connectivity index (χ3n) is 4.21. The summed E-state index contributed by atoms with van der Waals surface area (Å²) in [4.78, 5) is 26.6. The van der Waals surface area contributed by atoms with Crippen molar-refractivity contribution in [2.75, 3.05) is 18.8 Å². The highest BCUT2D eigenvalue weighted by atomic mass is 32.2. The maximum atomic E-state index is 12.3. The number of thioether (sulfide) groups is 1. The van der Waals surface area contributed by atoms with Crippen LogP contribution in [-0.2, 0) is 4.79 Å². The molecule has 24 heavy (non-hydrogen) atoms. The Hall–Kier alpha value is -2.34. The van der Waals surface area contributed by atoms with E-state index in [9.17, 15) is 4.79 Å². The highest BCUT2D eigenvalue weighted by Gasteiger charge is 2.19. The summed E-state index contributed by atoms with van der Waals surface area (Å²) in [6, 6.07) is 11.8. The third-order valence-corrected chi connectivity index (χ3v) is 5.20. The van der Waals surface area contributed by atoms with Gasteiger partial charge in [-0.1, -0.05) is 23.9 Å². The third kappa shape index (κ3) is 3.01. The smallest absolute Gasteiger partial charge is 0.232 e. The van der Waals surface area contributed by atoms with Crippen molar-refractivity contribution in [1.82, 2.24) is 19.9 Å². The average molecular weight is 338 g/mol. The van der Waals surface area contributed by atoms with Crippen molar-refractivity contribution in [3.8, 4) is 11.4 Å². The number of rotatable bonds is 4. The summed E-state index contributed by atoms with van der Waals surface area (Å²) in [5, 5.41) is 0.837. The van der Waals surface area contributed by atoms with Crippen LogP contribution in [0.15, 0.2) is 47.6 Å². The van der Waals surface area contributed by atoms with Crippen LogP contribution in [0.3, 0.4) is 0 Å². The maximum Gasteiger partial charge on any atom is 0.232 e. The summed E-state index contributed by atoms with van der Waals surface area (Å²) in [5.41, 5.74) is 2.87. The highest BCUT2D eigenvalue weighted by Crippen LogP contribution is 2.29. The Morgan fingerprint density at radius 2 is 2.00 bits per heavy atom. The monoisotopic (exact) mass is 338 g/mol. The Morgan fingerprint density at radius 1 is 1.17 bits per heavy atom. The molecule has 1 aliphatic heterocycles. The number of carbonyl (C=O) groups is 1. The molecule has 0 atom stereocenters. The molecule has 2 aromatic heterocycles. The van der Waals surface area contributed by atoms with Gasteiger partial charge in [-0.3, -0.25) is 4.79 Å². The van der Waals surface area contributed by atoms with Gasteiger partial charge in [-0.25, -0.2) is 9.97 Å². The second-order valence-corrected chi connectivity index (χ2v) is 6.80. The van der Waals surface area contributed by atoms with Crippen LogP contribution >= 0.6 is 11.8 Å². The van der Waals surface area contributed by atoms with Gasteiger partial charge in [-0.05, 0) is 37.1 Å². The Kier molecular flexibility index (Phi) is 4.21. The number of benzene rings is 1. The molecule has 1 fully saturated rings. The van der Waals surface area contributed by atoms with Gasteiger partial charge in [-0.15, -0.1) is 0 Å². The predicted octanol–water partition coefficient (Wildman–Crippen LogP) is 3.34. The van der Waals surface area contributed by atoms with E-state index in [1.54, 1.807) is 6.20 Å². The molecule has 6 heteroatoms. The molecule has 122 valence electrons. The van der Waals surface area contributed by atoms with Crippen molar-refractivity contribution < 1.29 is 4.79 Å². The van der Waals surface area contributed by atoms with Gasteiger partial charge < -0.3 is 9.88 Å². The van der Waals surface area contributed by atoms with Crippen LogP contribution in [0, 0.1) is 0 Å². The van der Waals surface area contributed by atoms with Gasteiger partial charge in [0.05, 0.1) is 16.8 Å². The summed E-state index contributed by atoms with van der Waals surface area (Å²) in [6.45, 7) is 1.77. The molecule has 0 unspecified atom stereocenters. The summed E-state index contributed by atoms with van der Waals surface area (Å²) >= 11 is 1.48. The molecule has 5 nitrogen and oxygen atoms in total. The number of aromatic nitrogens is 3. The van der Waals surface area contributed by atoms with Gasteiger partial charge in [0, 0.05) is 24.8 Å². The van der Waals surface area contributed by atoms with Crippen LogP contribution in [0.4, 0.5) is 0 Å². The second kappa shape index (κ2) is 6.65. The maximum absolute atomic E-state index is 12.3. The van der Waals surface area contributed by atoms with Gasteiger partial charge in [-0.2, -0.15) is 0 Å². The molecule has 1 aromatic carbocycles. The van der Waals surface area contributed by atoms with Gasteiger partial charge in [0.1, 0.15) is 10.9 Å². The first-order valence-electron chi connectivity index (χ1n) is 8.12. The number of fused-ring (bicyclic) bond motifs is 1. The van der Waals surface area contributed by atoms with Gasteiger partial charge in [0.15, 0.2) is 0 Å². The topological polar surface area (TPSA) is 61.9 Å². The standard InChI is InChI=1S/C18H18N4OS/c23-16(22-10-3-4-11-22)12-24-18-13(6-5-9-19-18)17-20-14-7-1-2-8-15(14)21-17/h1-2,5-9H,3-4,10-12H2,(H,20,21). The minimum absolute atomic E-state index is 0.193. The van der Waals surface area contributed by atoms with Crippen molar-refractivity contribution >= 4 is 28.7 Å². The molecular weight excluding hydrogens is 320 g/mol. The highest BCUT2D eigenvalue weighted by molar-refractivity contribution is 8.00. The number of para-hydroxylation sites is 2. The molecule has 1 saturated heterocycles. The molecule has 1 aliphatic rings. The Bertz CT molecular complexity index is 837. The first-order valence-corrected chi connectivity index (χ1v) is 9.10. The lowest BCUT2D eigenvalue weighted by molar-refractivity contribution is -0.127. The molecule has 0 saturated carbocycles. The minimum atomic E-state index is 0.193. The van der Waals surface area contributed by atoms with Crippen LogP contribution in [0.1, 0.15) is 12.8 Å². The fourth-order valence-corrected chi connectivity index (χ4v) is 3.85. The number of H-pyrrole nitrogens is 1. The van der Waals surface area contributed by atoms with Gasteiger partial charge in [0.2, 0.25) is 5.91 Å². The number of hydrogen-bond acceptors (Lipinski definition) is 4. The van der Waals surface area contributed by atoms with E-state index in [4.69, 9.17) is 0 Å². The van der Waals surface area contributed by atoms with E-state index in [0.717, 1.165) is 53.4 Å². The van der Waals surface area contributed by atoms with E-state index in [1.807, 2.05) is 41.3 Å². The number of hydrogen-bond donors (Lipinski definition) is 1. The molecule has 0 radical (unpaired) electrons. The Morgan fingerprint density at radius 3 is 2.83 bits per heavy atom. The quantitative estimate of drug-likeness (QED) is 0.741. The fourth-order valence-electron chi connectivity index (χ4n) is 2.95. The molecule has 4 rings (SSSR count). The normalized spacial score (nSPS) is 14.4. The lowest BCUT2D eigenvalue weighted by Gasteiger charge is -2.14. The summed E-state index contributed by atoms with van der Waals surface area (Å²) < 4.78 is 0. The number of pyridine rings is 1. The van der Waals surface area contributed by atoms with E-state index in [2.05, 4.69) is 15.0 Å². The predicted molar refractivity (Wildman–Crippen MR) is 95.9 cm³/mol. The SMILES string of the molecule is O=C(CSc1ncccc1-c1nc2ccccc2[nH]1)N1CCCC1. The second-order valence-electron chi connectivity index (χ2n) is 5.84. The van der Waals surface area contributed by atoms with Crippen LogP contribution in [-0.4, -0.2) is 44.6 Å². The van der Waals surface area contributed by atoms with E-state index < -0.39 is 0 Å². The van der Waals surface area contributed by atoms with Crippen molar-refractivity contribution in [1.29, 1.82) is 0 Å². The summed E-state index contributed by atoms with van der Waals surface area (Å²) in [7, 11) is 0. The molecular formula is C18H18N4OS. The average Bonchev–Trinajstić information content (AvgIpc) is 3.29. The number of nitrogens with zero attached hydrogens (tertiary/aromatic N) is 3. The van der Waals surface area contributed by atoms with E-state index in [0.29, 0.717) is 5.75 Å². The number of amides is 1. The number of nitrogens with one attached hydrogen (secondary N) is 1. The van der Waals surface area contributed by atoms with Gasteiger partial charge in [0.25, 0.3) is 0 Å². The lowest BCUT2D eigenvalue weighted by atomic mass is 10.3. The minimum Gasteiger partial charge on any atom is -0.342 e. The van der Waals surface area contributed by atoms with Crippen molar-refractivity contribution in [3.05, 3.63) is 42.6 Å². The number of carbonyl (C=O) groups excluding carboxylic acids is 1. The first-order chi connectivity index (χ1) is 11.8. The molecule has 0 bridgehead atoms. The van der Waals surface area contributed by atoms with Crippen LogP contribution in [0.25, 0.3) is 22.4 Å². The molecule has 0 aliphatic carbocycles. The van der Waals surface area contributed by atoms with E-state index >= 15 is 0 Å². The van der Waals surface area contributed by atoms with E-state index in [-0.39, 0.29) is 5.91 Å². The van der Waals surface area contributed by atoms with Crippen molar-refractivity contribution in [3.63, 3.8) is 0 Å². The van der Waals surface area contributed by atoms with E-state index in [1.165, 1.54) is 11.8 Å². The number of imidazole rings is 1. The number of likely N-dealkylation sites (tertiary alicyclic amines) is 1. The van der Waals surface area contributed by atoms with Crippen LogP contribution in [0.5, 0.6) is 0 Å². The molecule has 1 N–H and O–H groups in total. The van der Waals surface area contributed by atoms with Gasteiger partial charge >= 0.3 is 0 Å². The van der Waals surface area contributed by atoms with Crippen LogP contribution in [0.2, 0.25) is 0 Å². The Labute approximate surface area is 144 Å². The summed E-state index contributed by atoms with van der Waals surface area (Å²) in [5.74, 6) is 1.41. The zero-order valence-electron chi connectivity index (χ0n) is 13.2. The van der Waals surface area contributed by atoms with Crippen LogP contribution < -0.4 is 0 Å². The summed E-state index contributed by atoms with van der Waals surface area (Å²) in [6.07, 6.45) is 3.99. The molecule has 3 heterocycles. The zero-order valence-corrected chi connectivity index (χ0v) is 14.1. The lowest BCUT2D eigenvalue weighted by Crippen LogP contribution is -2.29. The molecule has 0 spiro atoms. The number of aromatic amines is 1. The molecule has 1 amide bonds. The largest absolute Gasteiger partial charge is 0.342 e. The zero-order chi connectivity index (χ0) is 16.4. The van der Waals surface area contributed by atoms with Crippen molar-refractivity contribution in [2.24, 2.45) is 0 Å². The Balaban J connectivity index is 1.57. The fraction of sp³-hybridized carbons (Fsp3) is 0.278. The first kappa shape index (κ1) is 15.2.